The van der Waals surface area contributed by atoms with E-state index < -0.39 is 23.8 Å². The fraction of sp³-hybridized carbons (Fsp3) is 0.611. The summed E-state index contributed by atoms with van der Waals surface area (Å²) in [7, 11) is 0. The Bertz CT molecular complexity index is 822. The third-order valence-corrected chi connectivity index (χ3v) is 6.44. The van der Waals surface area contributed by atoms with Crippen molar-refractivity contribution in [3.05, 3.63) is 17.9 Å². The van der Waals surface area contributed by atoms with Crippen molar-refractivity contribution >= 4 is 29.2 Å². The highest BCUT2D eigenvalue weighted by atomic mass is 32.2. The van der Waals surface area contributed by atoms with Crippen molar-refractivity contribution in [2.75, 3.05) is 24.7 Å². The maximum Gasteiger partial charge on any atom is 0.408 e. The highest BCUT2D eigenvalue weighted by Gasteiger charge is 2.54. The van der Waals surface area contributed by atoms with Crippen LogP contribution in [0.1, 0.15) is 25.7 Å². The molecule has 4 aliphatic rings. The smallest absolute Gasteiger partial charge is 0.358 e. The quantitative estimate of drug-likeness (QED) is 0.579. The Labute approximate surface area is 163 Å². The maximum atomic E-state index is 14.2. The molecule has 0 aromatic heterocycles. The van der Waals surface area contributed by atoms with Crippen molar-refractivity contribution in [2.45, 2.75) is 48.6 Å². The Morgan fingerprint density at radius 3 is 2.64 bits per heavy atom. The molecule has 1 spiro atoms. The fourth-order valence-electron chi connectivity index (χ4n) is 4.04. The van der Waals surface area contributed by atoms with E-state index in [0.29, 0.717) is 16.5 Å². The lowest BCUT2D eigenvalue weighted by molar-refractivity contribution is -0.218. The van der Waals surface area contributed by atoms with E-state index in [4.69, 9.17) is 9.47 Å². The molecule has 0 amide bonds. The predicted molar refractivity (Wildman–Crippen MR) is 96.3 cm³/mol. The number of alkyl halides is 3. The van der Waals surface area contributed by atoms with Crippen LogP contribution in [0.5, 0.6) is 0 Å². The molecular formula is C18H19F4N3O2S. The molecule has 28 heavy (non-hydrogen) atoms. The van der Waals surface area contributed by atoms with Gasteiger partial charge < -0.3 is 19.1 Å². The third-order valence-electron chi connectivity index (χ3n) is 5.60. The number of aliphatic imine (C=N–C) groups is 1. The Morgan fingerprint density at radius 1 is 1.21 bits per heavy atom. The van der Waals surface area contributed by atoms with E-state index in [2.05, 4.69) is 9.71 Å². The summed E-state index contributed by atoms with van der Waals surface area (Å²) >= 11 is 1.21. The molecule has 1 N–H and O–H groups in total. The monoisotopic (exact) mass is 417 g/mol. The minimum Gasteiger partial charge on any atom is -0.358 e. The second kappa shape index (κ2) is 6.50. The third kappa shape index (κ3) is 3.25. The Kier molecular flexibility index (Phi) is 4.29. The van der Waals surface area contributed by atoms with Gasteiger partial charge in [0.15, 0.2) is 5.79 Å². The number of anilines is 1. The average molecular weight is 417 g/mol. The van der Waals surface area contributed by atoms with E-state index in [1.807, 2.05) is 0 Å². The standard InChI is InChI=1S/C18H19F4N3O2S/c19-11-7-12(15-13(8-11)28-24-16(23-15)10-1-2-10)25-4-3-17(26-5-6-27-17)9-14(25)18(20,21)22/h7-8,10,14H,1-6,9H2,(H,23,24). The number of hydrogen-bond acceptors (Lipinski definition) is 6. The Morgan fingerprint density at radius 2 is 1.96 bits per heavy atom. The number of ether oxygens (including phenoxy) is 2. The maximum absolute atomic E-state index is 14.2. The lowest BCUT2D eigenvalue weighted by atomic mass is 9.94. The van der Waals surface area contributed by atoms with E-state index in [1.54, 1.807) is 0 Å². The first kappa shape index (κ1) is 18.5. The number of amidine groups is 1. The largest absolute Gasteiger partial charge is 0.408 e. The van der Waals surface area contributed by atoms with Crippen molar-refractivity contribution < 1.29 is 27.0 Å². The van der Waals surface area contributed by atoms with Gasteiger partial charge in [-0.05, 0) is 36.9 Å². The van der Waals surface area contributed by atoms with Crippen LogP contribution in [-0.4, -0.2) is 43.6 Å². The first-order valence-corrected chi connectivity index (χ1v) is 10.1. The van der Waals surface area contributed by atoms with Gasteiger partial charge in [0.1, 0.15) is 23.4 Å². The van der Waals surface area contributed by atoms with Gasteiger partial charge in [0.2, 0.25) is 0 Å². The molecule has 10 heteroatoms. The molecule has 152 valence electrons. The second-order valence-corrected chi connectivity index (χ2v) is 8.41. The molecule has 0 radical (unpaired) electrons. The van der Waals surface area contributed by atoms with E-state index in [0.717, 1.165) is 24.7 Å². The van der Waals surface area contributed by atoms with Gasteiger partial charge in [-0.25, -0.2) is 9.38 Å². The van der Waals surface area contributed by atoms with Gasteiger partial charge in [0, 0.05) is 25.3 Å². The number of hydrogen-bond donors (Lipinski definition) is 1. The van der Waals surface area contributed by atoms with Crippen molar-refractivity contribution in [1.29, 1.82) is 0 Å². The van der Waals surface area contributed by atoms with Gasteiger partial charge in [-0.1, -0.05) is 0 Å². The molecule has 5 rings (SSSR count). The number of benzene rings is 1. The van der Waals surface area contributed by atoms with Gasteiger partial charge in [-0.2, -0.15) is 13.2 Å². The fourth-order valence-corrected chi connectivity index (χ4v) is 4.89. The Hall–Kier alpha value is -1.52. The molecule has 2 saturated heterocycles. The van der Waals surface area contributed by atoms with E-state index in [-0.39, 0.29) is 38.3 Å². The van der Waals surface area contributed by atoms with Gasteiger partial charge >= 0.3 is 6.18 Å². The summed E-state index contributed by atoms with van der Waals surface area (Å²) in [6.07, 6.45) is -2.55. The first-order chi connectivity index (χ1) is 13.3. The first-order valence-electron chi connectivity index (χ1n) is 9.31. The van der Waals surface area contributed by atoms with Gasteiger partial charge in [-0.3, -0.25) is 0 Å². The molecule has 5 nitrogen and oxygen atoms in total. The lowest BCUT2D eigenvalue weighted by Gasteiger charge is -2.45. The summed E-state index contributed by atoms with van der Waals surface area (Å²) in [4.78, 5) is 6.29. The average Bonchev–Trinajstić information content (AvgIpc) is 3.41. The summed E-state index contributed by atoms with van der Waals surface area (Å²) in [5, 5.41) is 0. The summed E-state index contributed by atoms with van der Waals surface area (Å²) in [6.45, 7) is 0.626. The van der Waals surface area contributed by atoms with E-state index >= 15 is 0 Å². The van der Waals surface area contributed by atoms with Crippen LogP contribution in [0, 0.1) is 11.7 Å². The van der Waals surface area contributed by atoms with Crippen molar-refractivity contribution in [3.8, 4) is 0 Å². The molecule has 0 bridgehead atoms. The van der Waals surface area contributed by atoms with Crippen LogP contribution in [0.15, 0.2) is 22.0 Å². The normalized spacial score (nSPS) is 26.8. The topological polar surface area (TPSA) is 46.1 Å². The highest BCUT2D eigenvalue weighted by Crippen LogP contribution is 2.48. The molecule has 1 atom stereocenters. The molecule has 1 aromatic carbocycles. The zero-order valence-electron chi connectivity index (χ0n) is 14.9. The molecule has 1 unspecified atom stereocenters. The van der Waals surface area contributed by atoms with Gasteiger partial charge in [0.05, 0.1) is 23.8 Å². The van der Waals surface area contributed by atoms with Crippen LogP contribution in [-0.2, 0) is 9.47 Å². The molecule has 1 aromatic rings. The molecule has 3 aliphatic heterocycles. The number of halogens is 4. The van der Waals surface area contributed by atoms with Crippen molar-refractivity contribution in [3.63, 3.8) is 0 Å². The summed E-state index contributed by atoms with van der Waals surface area (Å²) < 4.78 is 70.3. The van der Waals surface area contributed by atoms with Crippen molar-refractivity contribution in [1.82, 2.24) is 4.72 Å². The SMILES string of the molecule is Fc1cc2c(c(N3CCC4(CC3C(F)(F)F)OCCO4)c1)N=C(C1CC1)NS2. The number of piperidine rings is 1. The van der Waals surface area contributed by atoms with Crippen LogP contribution in [0.2, 0.25) is 0 Å². The molecule has 3 heterocycles. The van der Waals surface area contributed by atoms with Crippen LogP contribution < -0.4 is 9.62 Å². The number of nitrogens with zero attached hydrogens (tertiary/aromatic N) is 2. The van der Waals surface area contributed by atoms with Crippen LogP contribution in [0.25, 0.3) is 0 Å². The summed E-state index contributed by atoms with van der Waals surface area (Å²) in [5.41, 5.74) is 0.586. The zero-order chi connectivity index (χ0) is 19.5. The van der Waals surface area contributed by atoms with Gasteiger partial charge in [0.25, 0.3) is 0 Å². The minimum atomic E-state index is -4.51. The van der Waals surface area contributed by atoms with Crippen LogP contribution >= 0.6 is 11.9 Å². The molecular weight excluding hydrogens is 398 g/mol. The number of rotatable bonds is 2. The Balaban J connectivity index is 1.55. The number of nitrogens with one attached hydrogen (secondary N) is 1. The van der Waals surface area contributed by atoms with Crippen LogP contribution in [0.3, 0.4) is 0 Å². The molecule has 1 aliphatic carbocycles. The van der Waals surface area contributed by atoms with Gasteiger partial charge in [-0.15, -0.1) is 0 Å². The minimum absolute atomic E-state index is 0.0481. The van der Waals surface area contributed by atoms with E-state index in [9.17, 15) is 17.6 Å². The summed E-state index contributed by atoms with van der Waals surface area (Å²) in [5.74, 6) is -0.725. The highest BCUT2D eigenvalue weighted by molar-refractivity contribution is 7.98. The summed E-state index contributed by atoms with van der Waals surface area (Å²) in [6, 6.07) is 0.636. The number of fused-ring (bicyclic) bond motifs is 1. The lowest BCUT2D eigenvalue weighted by Crippen LogP contribution is -2.57. The second-order valence-electron chi connectivity index (χ2n) is 7.56. The zero-order valence-corrected chi connectivity index (χ0v) is 15.7. The molecule has 1 saturated carbocycles. The predicted octanol–water partition coefficient (Wildman–Crippen LogP) is 4.15. The van der Waals surface area contributed by atoms with Crippen LogP contribution in [0.4, 0.5) is 28.9 Å². The van der Waals surface area contributed by atoms with E-state index in [1.165, 1.54) is 22.9 Å². The van der Waals surface area contributed by atoms with Crippen molar-refractivity contribution in [2.24, 2.45) is 10.9 Å². The molecule has 3 fully saturated rings.